The summed E-state index contributed by atoms with van der Waals surface area (Å²) >= 11 is 0. The minimum atomic E-state index is -2.59. The number of fused-ring (bicyclic) bond motifs is 3. The average Bonchev–Trinajstić information content (AvgIpc) is 3.74. The smallest absolute Gasteiger partial charge is 0.148 e. The van der Waals surface area contributed by atoms with Crippen LogP contribution in [0.15, 0.2) is 152 Å². The fraction of sp³-hybridized carbons (Fsp3) is 0.213. The van der Waals surface area contributed by atoms with Crippen molar-refractivity contribution in [1.29, 1.82) is 0 Å². The van der Waals surface area contributed by atoms with E-state index in [0.29, 0.717) is 61.6 Å². The maximum Gasteiger partial charge on any atom is 0.148 e. The van der Waals surface area contributed by atoms with E-state index >= 15 is 0 Å². The average molecular weight is 1050 g/mol. The summed E-state index contributed by atoms with van der Waals surface area (Å²) in [6, 6.07) is 39.5. The van der Waals surface area contributed by atoms with Crippen LogP contribution in [0, 0.1) is 19.8 Å². The molecule has 5 heteroatoms. The molecule has 2 aliphatic rings. The Bertz CT molecular complexity index is 3740. The third-order valence-corrected chi connectivity index (χ3v) is 13.1. The van der Waals surface area contributed by atoms with Gasteiger partial charge in [-0.3, -0.25) is 9.55 Å². The fourth-order valence-electron chi connectivity index (χ4n) is 9.32. The quantitative estimate of drug-likeness (QED) is 0.179. The van der Waals surface area contributed by atoms with Crippen LogP contribution >= 0.6 is 0 Å². The van der Waals surface area contributed by atoms with Crippen LogP contribution in [0.3, 0.4) is 0 Å². The summed E-state index contributed by atoms with van der Waals surface area (Å²) in [5.41, 5.74) is 12.2. The molecular weight excluding hydrogens is 986 g/mol. The Balaban J connectivity index is 0.00000672. The number of rotatable bonds is 3. The molecule has 0 radical (unpaired) electrons. The van der Waals surface area contributed by atoms with Gasteiger partial charge in [-0.2, -0.15) is 0 Å². The number of aromatic hydroxyl groups is 1. The standard InChI is InChI=1S/C61H56N3O.Pt/c1-37-29-42-25-26-53(37)64-54-24-16-22-49(43-31-44(34-46(33-43)59(3,4)5)52-35-40(27-28-62-52)39-17-12-11-13-18-39)56(54)63-58(64)50-36-47(30-38(2)57(50)65)61(9,10)45-20-14-19-41(32-45)48-21-15-23-51(55(42)48)60(6,7)8;/h11-30,32-36,65H,1-10H3;/q-1;/i1D3,11D,12D,13D,17D,18D;. The van der Waals surface area contributed by atoms with E-state index in [2.05, 4.69) is 110 Å². The summed E-state index contributed by atoms with van der Waals surface area (Å²) < 4.78 is 71.8. The Morgan fingerprint density at radius 3 is 2.17 bits per heavy atom. The van der Waals surface area contributed by atoms with E-state index in [1.807, 2.05) is 66.1 Å². The minimum Gasteiger partial charge on any atom is -0.507 e. The maximum absolute atomic E-state index is 12.3. The van der Waals surface area contributed by atoms with Crippen molar-refractivity contribution in [2.24, 2.45) is 0 Å². The van der Waals surface area contributed by atoms with Gasteiger partial charge in [0.05, 0.1) is 29.1 Å². The Labute approximate surface area is 416 Å². The first kappa shape index (κ1) is 35.9. The first-order chi connectivity index (χ1) is 34.2. The summed E-state index contributed by atoms with van der Waals surface area (Å²) in [5.74, 6) is 0.386. The van der Waals surface area contributed by atoms with E-state index in [0.717, 1.165) is 44.5 Å². The Kier molecular flexibility index (Phi) is 8.97. The molecule has 11 rings (SSSR count). The van der Waals surface area contributed by atoms with Gasteiger partial charge in [-0.05, 0) is 116 Å². The molecular formula is C61H56N3OPt-. The van der Waals surface area contributed by atoms with Crippen molar-refractivity contribution in [1.82, 2.24) is 14.5 Å². The van der Waals surface area contributed by atoms with Crippen LogP contribution in [-0.4, -0.2) is 19.6 Å². The topological polar surface area (TPSA) is 50.9 Å². The fourth-order valence-corrected chi connectivity index (χ4v) is 9.32. The van der Waals surface area contributed by atoms with Gasteiger partial charge in [0.1, 0.15) is 11.6 Å². The zero-order valence-corrected chi connectivity index (χ0v) is 40.9. The van der Waals surface area contributed by atoms with Gasteiger partial charge >= 0.3 is 0 Å². The Hall–Kier alpha value is -6.35. The second-order valence-corrected chi connectivity index (χ2v) is 19.9. The van der Waals surface area contributed by atoms with Crippen molar-refractivity contribution in [3.63, 3.8) is 0 Å². The molecule has 0 saturated carbocycles. The number of imidazole rings is 1. The van der Waals surface area contributed by atoms with Crippen LogP contribution in [0.2, 0.25) is 0 Å². The number of nitrogens with zero attached hydrogens (tertiary/aromatic N) is 3. The summed E-state index contributed by atoms with van der Waals surface area (Å²) in [7, 11) is 0. The molecule has 0 spiro atoms. The zero-order chi connectivity index (χ0) is 52.4. The number of hydrogen-bond donors (Lipinski definition) is 1. The Morgan fingerprint density at radius 2 is 1.41 bits per heavy atom. The van der Waals surface area contributed by atoms with Gasteiger partial charge in [0.2, 0.25) is 0 Å². The molecule has 0 amide bonds. The third kappa shape index (κ3) is 7.74. The summed E-state index contributed by atoms with van der Waals surface area (Å²) in [6.07, 6.45) is 1.57. The SMILES string of the molecule is [2H]c1c([2H])c([2H])c(-c2ccnc(-c3[c-]c(-c4cccc5c4nc4n5-c5ccc(cc5C([2H])([2H])[2H])-c5c(cccc5C(C)(C)C)-c5cccc(c5)C(C)(C)c5cc(C)c(O)c-4c5)cc(C(C)(C)C)c3)c2)c([2H])c1[2H].[Pt]. The second-order valence-electron chi connectivity index (χ2n) is 19.9. The molecule has 2 aliphatic heterocycles. The van der Waals surface area contributed by atoms with E-state index in [1.165, 1.54) is 0 Å². The molecule has 6 bridgehead atoms. The molecule has 2 aromatic heterocycles. The maximum atomic E-state index is 12.3. The first-order valence-corrected chi connectivity index (χ1v) is 22.1. The van der Waals surface area contributed by atoms with Crippen molar-refractivity contribution in [3.05, 3.63) is 191 Å². The molecule has 0 aliphatic carbocycles. The molecule has 1 N–H and O–H groups in total. The number of hydrogen-bond acceptors (Lipinski definition) is 3. The largest absolute Gasteiger partial charge is 0.507 e. The molecule has 0 saturated heterocycles. The molecule has 0 fully saturated rings. The number of aryl methyl sites for hydroxylation is 2. The predicted octanol–water partition coefficient (Wildman–Crippen LogP) is 15.8. The van der Waals surface area contributed by atoms with Gasteiger partial charge < -0.3 is 5.11 Å². The van der Waals surface area contributed by atoms with Crippen molar-refractivity contribution in [2.75, 3.05) is 0 Å². The third-order valence-electron chi connectivity index (χ3n) is 13.1. The number of phenols is 1. The van der Waals surface area contributed by atoms with Crippen LogP contribution in [0.1, 0.15) is 99.7 Å². The normalized spacial score (nSPS) is 15.0. The van der Waals surface area contributed by atoms with E-state index in [-0.39, 0.29) is 60.9 Å². The second kappa shape index (κ2) is 16.5. The zero-order valence-electron chi connectivity index (χ0n) is 46.7. The van der Waals surface area contributed by atoms with Gasteiger partial charge in [0.15, 0.2) is 0 Å². The van der Waals surface area contributed by atoms with Crippen LogP contribution in [-0.2, 0) is 37.3 Å². The summed E-state index contributed by atoms with van der Waals surface area (Å²) in [5, 5.41) is 12.3. The molecule has 66 heavy (non-hydrogen) atoms. The van der Waals surface area contributed by atoms with E-state index in [4.69, 9.17) is 16.8 Å². The van der Waals surface area contributed by atoms with Gasteiger partial charge in [-0.25, -0.2) is 4.98 Å². The number of pyridine rings is 1. The van der Waals surface area contributed by atoms with Crippen molar-refractivity contribution < 1.29 is 37.1 Å². The van der Waals surface area contributed by atoms with Gasteiger partial charge in [0, 0.05) is 42.5 Å². The van der Waals surface area contributed by atoms with Gasteiger partial charge in [-0.1, -0.05) is 170 Å². The van der Waals surface area contributed by atoms with Crippen molar-refractivity contribution in [3.8, 4) is 78.6 Å². The molecule has 7 aromatic carbocycles. The number of aromatic nitrogens is 3. The summed E-state index contributed by atoms with van der Waals surface area (Å²) in [4.78, 5) is 10.2. The molecule has 0 unspecified atom stereocenters. The molecule has 4 heterocycles. The molecule has 332 valence electrons. The first-order valence-electron chi connectivity index (χ1n) is 26.1. The number of phenolic OH excluding ortho intramolecular Hbond substituents is 1. The molecule has 9 aromatic rings. The monoisotopic (exact) mass is 1050 g/mol. The van der Waals surface area contributed by atoms with Gasteiger partial charge in [-0.15, -0.1) is 29.3 Å². The van der Waals surface area contributed by atoms with Crippen LogP contribution in [0.5, 0.6) is 5.75 Å². The minimum absolute atomic E-state index is 0. The molecule has 0 atom stereocenters. The van der Waals surface area contributed by atoms with E-state index in [1.54, 1.807) is 18.3 Å². The number of benzene rings is 7. The van der Waals surface area contributed by atoms with Crippen LogP contribution in [0.4, 0.5) is 0 Å². The molecule has 4 nitrogen and oxygen atoms in total. The summed E-state index contributed by atoms with van der Waals surface area (Å²) in [6.45, 7) is 16.5. The van der Waals surface area contributed by atoms with Crippen LogP contribution in [0.25, 0.3) is 83.9 Å². The predicted molar refractivity (Wildman–Crippen MR) is 271 cm³/mol. The van der Waals surface area contributed by atoms with Crippen molar-refractivity contribution in [2.45, 2.75) is 85.4 Å². The van der Waals surface area contributed by atoms with Gasteiger partial charge in [0.25, 0.3) is 0 Å². The van der Waals surface area contributed by atoms with Crippen molar-refractivity contribution >= 4 is 11.0 Å². The van der Waals surface area contributed by atoms with E-state index < -0.39 is 30.4 Å². The van der Waals surface area contributed by atoms with Crippen LogP contribution < -0.4 is 0 Å². The van der Waals surface area contributed by atoms with E-state index in [9.17, 15) is 9.22 Å². The Morgan fingerprint density at radius 1 is 0.667 bits per heavy atom. The number of para-hydroxylation sites is 1.